The van der Waals surface area contributed by atoms with E-state index in [4.69, 9.17) is 0 Å². The number of carbonyl (C=O) groups excluding carboxylic acids is 2. The molecular weight excluding hydrogens is 242 g/mol. The van der Waals surface area contributed by atoms with Crippen LogP contribution in [0.25, 0.3) is 0 Å². The van der Waals surface area contributed by atoms with Crippen molar-refractivity contribution in [2.45, 2.75) is 19.4 Å². The molecule has 3 N–H and O–H groups in total. The molecular formula is C14H20N3O2+. The van der Waals surface area contributed by atoms with E-state index in [1.807, 2.05) is 23.1 Å². The van der Waals surface area contributed by atoms with Crippen LogP contribution in [-0.4, -0.2) is 38.0 Å². The highest BCUT2D eigenvalue weighted by atomic mass is 16.2. The summed E-state index contributed by atoms with van der Waals surface area (Å²) in [5, 5.41) is 4.27. The molecule has 0 unspecified atom stereocenters. The van der Waals surface area contributed by atoms with E-state index in [2.05, 4.69) is 18.3 Å². The first-order chi connectivity index (χ1) is 9.13. The van der Waals surface area contributed by atoms with Gasteiger partial charge in [0.2, 0.25) is 0 Å². The number of hydrogen-bond acceptors (Lipinski definition) is 2. The molecule has 0 bridgehead atoms. The van der Waals surface area contributed by atoms with E-state index >= 15 is 0 Å². The quantitative estimate of drug-likeness (QED) is 0.751. The highest BCUT2D eigenvalue weighted by Gasteiger charge is 2.30. The van der Waals surface area contributed by atoms with E-state index in [0.29, 0.717) is 6.54 Å². The highest BCUT2D eigenvalue weighted by molar-refractivity contribution is 5.96. The van der Waals surface area contributed by atoms with Crippen LogP contribution in [0.1, 0.15) is 12.5 Å². The van der Waals surface area contributed by atoms with Gasteiger partial charge in [0.05, 0.1) is 0 Å². The predicted octanol–water partition coefficient (Wildman–Crippen LogP) is -0.726. The van der Waals surface area contributed by atoms with Crippen molar-refractivity contribution >= 4 is 17.5 Å². The van der Waals surface area contributed by atoms with Crippen molar-refractivity contribution in [1.82, 2.24) is 5.32 Å². The number of para-hydroxylation sites is 1. The summed E-state index contributed by atoms with van der Waals surface area (Å²) in [6.07, 6.45) is 0.900. The minimum atomic E-state index is -0.0670. The van der Waals surface area contributed by atoms with Crippen LogP contribution in [0.3, 0.4) is 0 Å². The molecule has 5 nitrogen and oxygen atoms in total. The maximum atomic E-state index is 12.3. The number of nitrogens with zero attached hydrogens (tertiary/aromatic N) is 1. The fourth-order valence-electron chi connectivity index (χ4n) is 2.47. The molecule has 5 heteroatoms. The fourth-order valence-corrected chi connectivity index (χ4v) is 2.47. The number of nitrogens with one attached hydrogen (secondary N) is 1. The lowest BCUT2D eigenvalue weighted by molar-refractivity contribution is -0.632. The second kappa shape index (κ2) is 5.84. The van der Waals surface area contributed by atoms with E-state index in [1.165, 1.54) is 5.56 Å². The Morgan fingerprint density at radius 2 is 2.11 bits per heavy atom. The Morgan fingerprint density at radius 1 is 1.37 bits per heavy atom. The Kier molecular flexibility index (Phi) is 4.16. The van der Waals surface area contributed by atoms with Crippen LogP contribution in [0.15, 0.2) is 24.3 Å². The smallest absolute Gasteiger partial charge is 0.282 e. The molecule has 0 spiro atoms. The topological polar surface area (TPSA) is 66.0 Å². The molecule has 19 heavy (non-hydrogen) atoms. The first kappa shape index (κ1) is 13.5. The number of benzene rings is 1. The number of quaternary nitrogens is 1. The van der Waals surface area contributed by atoms with Gasteiger partial charge in [-0.05, 0) is 25.0 Å². The maximum absolute atomic E-state index is 12.3. The van der Waals surface area contributed by atoms with E-state index in [9.17, 15) is 9.59 Å². The third-order valence-electron chi connectivity index (χ3n) is 3.40. The summed E-state index contributed by atoms with van der Waals surface area (Å²) in [4.78, 5) is 25.2. The molecule has 1 aliphatic rings. The van der Waals surface area contributed by atoms with Crippen molar-refractivity contribution in [3.8, 4) is 0 Å². The molecule has 1 heterocycles. The van der Waals surface area contributed by atoms with Crippen molar-refractivity contribution in [3.05, 3.63) is 29.8 Å². The lowest BCUT2D eigenvalue weighted by Crippen LogP contribution is -2.88. The molecule has 0 fully saturated rings. The number of amides is 2. The summed E-state index contributed by atoms with van der Waals surface area (Å²) >= 11 is 0. The molecule has 1 atom stereocenters. The van der Waals surface area contributed by atoms with Gasteiger partial charge in [-0.2, -0.15) is 0 Å². The SMILES string of the molecule is CNC(=O)C[NH2+]CC(=O)N1c2ccccc2C[C@@H]1C. The molecule has 1 aromatic rings. The summed E-state index contributed by atoms with van der Waals surface area (Å²) in [5.41, 5.74) is 2.22. The van der Waals surface area contributed by atoms with Crippen LogP contribution in [0.4, 0.5) is 5.69 Å². The zero-order valence-electron chi connectivity index (χ0n) is 11.3. The molecule has 0 aliphatic carbocycles. The van der Waals surface area contributed by atoms with E-state index in [0.717, 1.165) is 12.1 Å². The Bertz CT molecular complexity index is 487. The predicted molar refractivity (Wildman–Crippen MR) is 72.8 cm³/mol. The van der Waals surface area contributed by atoms with E-state index in [-0.39, 0.29) is 24.4 Å². The van der Waals surface area contributed by atoms with Gasteiger partial charge in [0.1, 0.15) is 0 Å². The van der Waals surface area contributed by atoms with Gasteiger partial charge < -0.3 is 15.5 Å². The number of carbonyl (C=O) groups is 2. The van der Waals surface area contributed by atoms with Gasteiger partial charge in [-0.15, -0.1) is 0 Å². The van der Waals surface area contributed by atoms with Gasteiger partial charge in [-0.1, -0.05) is 18.2 Å². The summed E-state index contributed by atoms with van der Waals surface area (Å²) in [5.74, 6) is -0.0102. The standard InChI is InChI=1S/C14H19N3O2/c1-10-7-11-5-3-4-6-12(11)17(10)14(19)9-16-8-13(18)15-2/h3-6,10,16H,7-9H2,1-2H3,(H,15,18)/p+1/t10-/m0/s1. The number of hydrogen-bond donors (Lipinski definition) is 2. The van der Waals surface area contributed by atoms with Crippen LogP contribution < -0.4 is 15.5 Å². The van der Waals surface area contributed by atoms with E-state index < -0.39 is 0 Å². The number of rotatable bonds is 4. The van der Waals surface area contributed by atoms with Crippen LogP contribution in [0.2, 0.25) is 0 Å². The van der Waals surface area contributed by atoms with Crippen molar-refractivity contribution < 1.29 is 14.9 Å². The average molecular weight is 262 g/mol. The lowest BCUT2D eigenvalue weighted by atomic mass is 10.1. The number of nitrogens with two attached hydrogens (primary N) is 1. The third-order valence-corrected chi connectivity index (χ3v) is 3.40. The van der Waals surface area contributed by atoms with Crippen molar-refractivity contribution in [2.75, 3.05) is 25.0 Å². The summed E-state index contributed by atoms with van der Waals surface area (Å²) in [6.45, 7) is 2.63. The third kappa shape index (κ3) is 2.93. The van der Waals surface area contributed by atoms with Crippen LogP contribution in [0.5, 0.6) is 0 Å². The zero-order valence-corrected chi connectivity index (χ0v) is 11.3. The molecule has 0 aromatic heterocycles. The highest BCUT2D eigenvalue weighted by Crippen LogP contribution is 2.31. The average Bonchev–Trinajstić information content (AvgIpc) is 2.74. The van der Waals surface area contributed by atoms with Gasteiger partial charge in [-0.3, -0.25) is 9.59 Å². The molecule has 102 valence electrons. The molecule has 0 saturated carbocycles. The Labute approximate surface area is 113 Å². The molecule has 2 rings (SSSR count). The Balaban J connectivity index is 1.98. The molecule has 0 radical (unpaired) electrons. The lowest BCUT2D eigenvalue weighted by Gasteiger charge is -2.21. The van der Waals surface area contributed by atoms with Crippen molar-refractivity contribution in [1.29, 1.82) is 0 Å². The minimum Gasteiger partial charge on any atom is -0.354 e. The first-order valence-corrected chi connectivity index (χ1v) is 6.55. The molecule has 1 aromatic carbocycles. The largest absolute Gasteiger partial charge is 0.354 e. The van der Waals surface area contributed by atoms with Gasteiger partial charge in [0, 0.05) is 18.8 Å². The van der Waals surface area contributed by atoms with Gasteiger partial charge in [0.25, 0.3) is 11.8 Å². The number of likely N-dealkylation sites (N-methyl/N-ethyl adjacent to an activating group) is 1. The second-order valence-electron chi connectivity index (χ2n) is 4.82. The normalized spacial score (nSPS) is 17.2. The Morgan fingerprint density at radius 3 is 2.84 bits per heavy atom. The van der Waals surface area contributed by atoms with Crippen LogP contribution >= 0.6 is 0 Å². The fraction of sp³-hybridized carbons (Fsp3) is 0.429. The van der Waals surface area contributed by atoms with E-state index in [1.54, 1.807) is 12.4 Å². The molecule has 1 aliphatic heterocycles. The van der Waals surface area contributed by atoms with Gasteiger partial charge in [0.15, 0.2) is 13.1 Å². The summed E-state index contributed by atoms with van der Waals surface area (Å²) in [6, 6.07) is 8.18. The summed E-state index contributed by atoms with van der Waals surface area (Å²) < 4.78 is 0. The first-order valence-electron chi connectivity index (χ1n) is 6.55. The molecule has 0 saturated heterocycles. The second-order valence-corrected chi connectivity index (χ2v) is 4.82. The van der Waals surface area contributed by atoms with Crippen molar-refractivity contribution in [2.24, 2.45) is 0 Å². The monoisotopic (exact) mass is 262 g/mol. The zero-order chi connectivity index (χ0) is 13.8. The molecule has 2 amide bonds. The maximum Gasteiger partial charge on any atom is 0.282 e. The van der Waals surface area contributed by atoms with Gasteiger partial charge in [-0.25, -0.2) is 0 Å². The Hall–Kier alpha value is -1.88. The van der Waals surface area contributed by atoms with Crippen LogP contribution in [-0.2, 0) is 16.0 Å². The minimum absolute atomic E-state index is 0.0568. The van der Waals surface area contributed by atoms with Crippen molar-refractivity contribution in [3.63, 3.8) is 0 Å². The van der Waals surface area contributed by atoms with Crippen LogP contribution in [0, 0.1) is 0 Å². The number of fused-ring (bicyclic) bond motifs is 1. The number of anilines is 1. The van der Waals surface area contributed by atoms with Gasteiger partial charge >= 0.3 is 0 Å². The summed E-state index contributed by atoms with van der Waals surface area (Å²) in [7, 11) is 1.59.